The number of nitrogens with zero attached hydrogens (tertiary/aromatic N) is 3. The zero-order valence-corrected chi connectivity index (χ0v) is 16.5. The number of aromatic nitrogens is 2. The van der Waals surface area contributed by atoms with Crippen LogP contribution in [0.2, 0.25) is 0 Å². The van der Waals surface area contributed by atoms with Gasteiger partial charge < -0.3 is 9.84 Å². The average Bonchev–Trinajstić information content (AvgIpc) is 3.12. The first-order valence-corrected chi connectivity index (χ1v) is 9.89. The van der Waals surface area contributed by atoms with Crippen molar-refractivity contribution in [3.05, 3.63) is 71.9 Å². The quantitative estimate of drug-likeness (QED) is 0.708. The van der Waals surface area contributed by atoms with E-state index in [-0.39, 0.29) is 6.61 Å². The molecule has 0 saturated heterocycles. The maximum absolute atomic E-state index is 10.7. The van der Waals surface area contributed by atoms with Crippen LogP contribution in [0.1, 0.15) is 31.1 Å². The van der Waals surface area contributed by atoms with Gasteiger partial charge in [-0.15, -0.1) is 0 Å². The van der Waals surface area contributed by atoms with Gasteiger partial charge in [0.15, 0.2) is 0 Å². The lowest BCUT2D eigenvalue weighted by Gasteiger charge is -2.32. The van der Waals surface area contributed by atoms with Crippen molar-refractivity contribution in [3.63, 3.8) is 0 Å². The maximum atomic E-state index is 10.7. The van der Waals surface area contributed by atoms with Crippen molar-refractivity contribution in [3.8, 4) is 17.0 Å². The molecule has 0 amide bonds. The number of rotatable bonds is 6. The van der Waals surface area contributed by atoms with E-state index in [4.69, 9.17) is 9.84 Å². The summed E-state index contributed by atoms with van der Waals surface area (Å²) in [5, 5.41) is 15.6. The molecule has 1 atom stereocenters. The Labute approximate surface area is 166 Å². The van der Waals surface area contributed by atoms with Crippen LogP contribution in [0.5, 0.6) is 5.75 Å². The summed E-state index contributed by atoms with van der Waals surface area (Å²) in [6, 6.07) is 20.2. The minimum absolute atomic E-state index is 0.248. The standard InChI is InChI=1S/C23H27N3O2/c1-17(2)26-21-13-14-25(22(27)16-28-19-11-7-4-8-12-19)15-20(21)23(24-26)18-9-5-3-6-10-18/h3-12,17,22,27H,13-16H2,1-2H3. The Morgan fingerprint density at radius 2 is 1.71 bits per heavy atom. The third kappa shape index (κ3) is 3.81. The molecule has 1 aliphatic rings. The second-order valence-electron chi connectivity index (χ2n) is 7.50. The van der Waals surface area contributed by atoms with Gasteiger partial charge in [0, 0.05) is 42.4 Å². The second kappa shape index (κ2) is 8.17. The van der Waals surface area contributed by atoms with Gasteiger partial charge in [0.05, 0.1) is 5.69 Å². The minimum Gasteiger partial charge on any atom is -0.489 e. The van der Waals surface area contributed by atoms with E-state index in [1.807, 2.05) is 48.5 Å². The van der Waals surface area contributed by atoms with E-state index in [0.717, 1.165) is 30.0 Å². The molecule has 4 rings (SSSR count). The lowest BCUT2D eigenvalue weighted by atomic mass is 10.0. The first-order chi connectivity index (χ1) is 13.6. The molecule has 146 valence electrons. The Kier molecular flexibility index (Phi) is 5.46. The highest BCUT2D eigenvalue weighted by molar-refractivity contribution is 5.64. The summed E-state index contributed by atoms with van der Waals surface area (Å²) in [5.74, 6) is 0.775. The molecule has 1 aromatic heterocycles. The second-order valence-corrected chi connectivity index (χ2v) is 7.50. The zero-order chi connectivity index (χ0) is 19.5. The summed E-state index contributed by atoms with van der Waals surface area (Å²) in [7, 11) is 0. The van der Waals surface area contributed by atoms with Gasteiger partial charge in [0.2, 0.25) is 0 Å². The zero-order valence-electron chi connectivity index (χ0n) is 16.5. The molecule has 0 radical (unpaired) electrons. The number of hydrogen-bond donors (Lipinski definition) is 1. The Morgan fingerprint density at radius 1 is 1.04 bits per heavy atom. The smallest absolute Gasteiger partial charge is 0.142 e. The molecule has 2 aromatic carbocycles. The largest absolute Gasteiger partial charge is 0.489 e. The van der Waals surface area contributed by atoms with Crippen molar-refractivity contribution in [2.75, 3.05) is 13.2 Å². The van der Waals surface area contributed by atoms with E-state index >= 15 is 0 Å². The molecular formula is C23H27N3O2. The summed E-state index contributed by atoms with van der Waals surface area (Å²) in [6.45, 7) is 6.04. The third-order valence-electron chi connectivity index (χ3n) is 5.22. The number of ether oxygens (including phenoxy) is 1. The van der Waals surface area contributed by atoms with Crippen LogP contribution in [0, 0.1) is 0 Å². The molecule has 0 saturated carbocycles. The van der Waals surface area contributed by atoms with E-state index in [1.165, 1.54) is 11.3 Å². The van der Waals surface area contributed by atoms with Crippen LogP contribution >= 0.6 is 0 Å². The number of hydrogen-bond acceptors (Lipinski definition) is 4. The van der Waals surface area contributed by atoms with Crippen LogP contribution in [-0.4, -0.2) is 39.2 Å². The van der Waals surface area contributed by atoms with Gasteiger partial charge in [0.25, 0.3) is 0 Å². The summed E-state index contributed by atoms with van der Waals surface area (Å²) in [5.41, 5.74) is 4.63. The molecule has 28 heavy (non-hydrogen) atoms. The van der Waals surface area contributed by atoms with E-state index in [0.29, 0.717) is 12.6 Å². The van der Waals surface area contributed by atoms with Gasteiger partial charge in [0.1, 0.15) is 18.6 Å². The van der Waals surface area contributed by atoms with Gasteiger partial charge in [-0.05, 0) is 26.0 Å². The van der Waals surface area contributed by atoms with E-state index in [9.17, 15) is 5.11 Å². The Balaban J connectivity index is 1.55. The fourth-order valence-corrected chi connectivity index (χ4v) is 3.77. The number of fused-ring (bicyclic) bond motifs is 1. The molecule has 2 heterocycles. The number of para-hydroxylation sites is 1. The molecule has 1 aliphatic heterocycles. The molecule has 5 heteroatoms. The Morgan fingerprint density at radius 3 is 2.39 bits per heavy atom. The predicted molar refractivity (Wildman–Crippen MR) is 110 cm³/mol. The normalized spacial score (nSPS) is 15.4. The van der Waals surface area contributed by atoms with Crippen molar-refractivity contribution in [1.29, 1.82) is 0 Å². The van der Waals surface area contributed by atoms with Crippen molar-refractivity contribution in [1.82, 2.24) is 14.7 Å². The van der Waals surface area contributed by atoms with Crippen LogP contribution in [-0.2, 0) is 13.0 Å². The van der Waals surface area contributed by atoms with E-state index in [2.05, 4.69) is 35.6 Å². The monoisotopic (exact) mass is 377 g/mol. The van der Waals surface area contributed by atoms with E-state index < -0.39 is 6.23 Å². The first-order valence-electron chi connectivity index (χ1n) is 9.89. The van der Waals surface area contributed by atoms with Crippen molar-refractivity contribution < 1.29 is 9.84 Å². The maximum Gasteiger partial charge on any atom is 0.142 e. The van der Waals surface area contributed by atoms with Crippen molar-refractivity contribution in [2.24, 2.45) is 0 Å². The highest BCUT2D eigenvalue weighted by Gasteiger charge is 2.29. The van der Waals surface area contributed by atoms with Crippen LogP contribution in [0.25, 0.3) is 11.3 Å². The van der Waals surface area contributed by atoms with Gasteiger partial charge in [-0.2, -0.15) is 5.10 Å². The fourth-order valence-electron chi connectivity index (χ4n) is 3.77. The first kappa shape index (κ1) is 18.7. The molecule has 0 spiro atoms. The predicted octanol–water partition coefficient (Wildman–Crippen LogP) is 3.89. The lowest BCUT2D eigenvalue weighted by Crippen LogP contribution is -2.42. The van der Waals surface area contributed by atoms with Crippen molar-refractivity contribution in [2.45, 2.75) is 39.1 Å². The van der Waals surface area contributed by atoms with E-state index in [1.54, 1.807) is 0 Å². The Hall–Kier alpha value is -2.63. The average molecular weight is 377 g/mol. The number of aliphatic hydroxyl groups excluding tert-OH is 1. The Bertz CT molecular complexity index is 906. The summed E-state index contributed by atoms with van der Waals surface area (Å²) >= 11 is 0. The number of benzene rings is 2. The van der Waals surface area contributed by atoms with Gasteiger partial charge in [-0.1, -0.05) is 48.5 Å². The van der Waals surface area contributed by atoms with Gasteiger partial charge >= 0.3 is 0 Å². The molecule has 1 unspecified atom stereocenters. The highest BCUT2D eigenvalue weighted by Crippen LogP contribution is 2.32. The fraction of sp³-hybridized carbons (Fsp3) is 0.348. The molecule has 3 aromatic rings. The van der Waals surface area contributed by atoms with Crippen molar-refractivity contribution >= 4 is 0 Å². The summed E-state index contributed by atoms with van der Waals surface area (Å²) in [6.07, 6.45) is 0.217. The molecule has 5 nitrogen and oxygen atoms in total. The van der Waals surface area contributed by atoms with Crippen LogP contribution < -0.4 is 4.74 Å². The summed E-state index contributed by atoms with van der Waals surface area (Å²) < 4.78 is 7.90. The van der Waals surface area contributed by atoms with Gasteiger partial charge in [-0.25, -0.2) is 0 Å². The minimum atomic E-state index is -0.653. The highest BCUT2D eigenvalue weighted by atomic mass is 16.5. The topological polar surface area (TPSA) is 50.5 Å². The SMILES string of the molecule is CC(C)n1nc(-c2ccccc2)c2c1CCN(C(O)COc1ccccc1)C2. The van der Waals surface area contributed by atoms with Crippen LogP contribution in [0.15, 0.2) is 60.7 Å². The van der Waals surface area contributed by atoms with Gasteiger partial charge in [-0.3, -0.25) is 9.58 Å². The molecule has 0 fully saturated rings. The molecule has 1 N–H and O–H groups in total. The molecule has 0 bridgehead atoms. The summed E-state index contributed by atoms with van der Waals surface area (Å²) in [4.78, 5) is 2.07. The third-order valence-corrected chi connectivity index (χ3v) is 5.22. The van der Waals surface area contributed by atoms with Crippen LogP contribution in [0.4, 0.5) is 0 Å². The molecular weight excluding hydrogens is 350 g/mol. The van der Waals surface area contributed by atoms with Crippen LogP contribution in [0.3, 0.4) is 0 Å². The number of aliphatic hydroxyl groups is 1. The molecule has 0 aliphatic carbocycles. The lowest BCUT2D eigenvalue weighted by molar-refractivity contribution is -0.0357.